The normalized spacial score (nSPS) is 11.8. The van der Waals surface area contributed by atoms with Gasteiger partial charge in [0.25, 0.3) is 0 Å². The lowest BCUT2D eigenvalue weighted by Crippen LogP contribution is -2.30. The molecule has 4 rings (SSSR count). The van der Waals surface area contributed by atoms with Gasteiger partial charge in [0.2, 0.25) is 5.91 Å². The minimum Gasteiger partial charge on any atom is -0.351 e. The second kappa shape index (κ2) is 9.94. The van der Waals surface area contributed by atoms with Crippen molar-refractivity contribution in [2.45, 2.75) is 23.6 Å². The van der Waals surface area contributed by atoms with Crippen LogP contribution in [-0.4, -0.2) is 25.9 Å². The number of amides is 1. The molecule has 0 saturated carbocycles. The number of thioether (sulfide) groups is 1. The maximum atomic E-state index is 12.7. The average molecular weight is 493 g/mol. The van der Waals surface area contributed by atoms with Crippen molar-refractivity contribution in [1.29, 1.82) is 0 Å². The van der Waals surface area contributed by atoms with Crippen molar-refractivity contribution < 1.29 is 4.79 Å². The van der Waals surface area contributed by atoms with E-state index in [-0.39, 0.29) is 11.2 Å². The van der Waals surface area contributed by atoms with Gasteiger partial charge in [0.1, 0.15) is 0 Å². The van der Waals surface area contributed by atoms with Crippen LogP contribution in [0.4, 0.5) is 0 Å². The fraction of sp³-hybridized carbons (Fsp3) is 0.125. The Morgan fingerprint density at radius 3 is 2.48 bits per heavy atom. The molecule has 0 radical (unpaired) electrons. The molecule has 2 heterocycles. The summed E-state index contributed by atoms with van der Waals surface area (Å²) in [5.41, 5.74) is 3.71. The van der Waals surface area contributed by atoms with Gasteiger partial charge in [0.05, 0.1) is 16.6 Å². The van der Waals surface area contributed by atoms with Crippen molar-refractivity contribution in [3.05, 3.63) is 95.4 Å². The Labute approximate surface area is 194 Å². The summed E-state index contributed by atoms with van der Waals surface area (Å²) in [5, 5.41) is 7.63. The predicted octanol–water partition coefficient (Wildman–Crippen LogP) is 5.49. The van der Waals surface area contributed by atoms with E-state index in [0.29, 0.717) is 6.54 Å². The number of carbonyl (C=O) groups is 1. The SMILES string of the molecule is CC(Sc1ccc(Br)cc1)C(=O)NCc1cn(-c2ccccc2)nc1-c1ccncc1. The summed E-state index contributed by atoms with van der Waals surface area (Å²) >= 11 is 4.97. The van der Waals surface area contributed by atoms with Crippen molar-refractivity contribution in [3.63, 3.8) is 0 Å². The largest absolute Gasteiger partial charge is 0.351 e. The lowest BCUT2D eigenvalue weighted by atomic mass is 10.1. The van der Waals surface area contributed by atoms with E-state index in [1.165, 1.54) is 11.8 Å². The van der Waals surface area contributed by atoms with Crippen LogP contribution in [0.25, 0.3) is 16.9 Å². The highest BCUT2D eigenvalue weighted by atomic mass is 79.9. The van der Waals surface area contributed by atoms with Gasteiger partial charge in [-0.2, -0.15) is 5.10 Å². The number of pyridine rings is 1. The predicted molar refractivity (Wildman–Crippen MR) is 128 cm³/mol. The maximum absolute atomic E-state index is 12.7. The summed E-state index contributed by atoms with van der Waals surface area (Å²) < 4.78 is 2.87. The molecule has 5 nitrogen and oxygen atoms in total. The Kier molecular flexibility index (Phi) is 6.84. The highest BCUT2D eigenvalue weighted by Crippen LogP contribution is 2.26. The Morgan fingerprint density at radius 2 is 1.77 bits per heavy atom. The average Bonchev–Trinajstić information content (AvgIpc) is 3.24. The Hall–Kier alpha value is -2.90. The minimum atomic E-state index is -0.213. The molecule has 1 N–H and O–H groups in total. The molecule has 7 heteroatoms. The van der Waals surface area contributed by atoms with Crippen LogP contribution in [0.15, 0.2) is 94.7 Å². The molecular weight excluding hydrogens is 472 g/mol. The topological polar surface area (TPSA) is 59.8 Å². The lowest BCUT2D eigenvalue weighted by Gasteiger charge is -2.12. The molecular formula is C24H21BrN4OS. The third kappa shape index (κ3) is 5.42. The monoisotopic (exact) mass is 492 g/mol. The molecule has 1 atom stereocenters. The van der Waals surface area contributed by atoms with Crippen LogP contribution in [0.3, 0.4) is 0 Å². The minimum absolute atomic E-state index is 0.0129. The summed E-state index contributed by atoms with van der Waals surface area (Å²) in [7, 11) is 0. The lowest BCUT2D eigenvalue weighted by molar-refractivity contribution is -0.120. The van der Waals surface area contributed by atoms with E-state index in [0.717, 1.165) is 31.9 Å². The number of nitrogens with zero attached hydrogens (tertiary/aromatic N) is 3. The zero-order valence-corrected chi connectivity index (χ0v) is 19.3. The van der Waals surface area contributed by atoms with E-state index in [1.807, 2.05) is 84.5 Å². The van der Waals surface area contributed by atoms with E-state index in [4.69, 9.17) is 5.10 Å². The molecule has 2 aromatic carbocycles. The van der Waals surface area contributed by atoms with Crippen LogP contribution in [0.1, 0.15) is 12.5 Å². The fourth-order valence-electron chi connectivity index (χ4n) is 3.10. The summed E-state index contributed by atoms with van der Waals surface area (Å²) in [6.45, 7) is 2.31. The summed E-state index contributed by atoms with van der Waals surface area (Å²) in [4.78, 5) is 17.9. The first-order chi connectivity index (χ1) is 15.1. The zero-order valence-electron chi connectivity index (χ0n) is 16.9. The Bertz CT molecular complexity index is 1150. The van der Waals surface area contributed by atoms with E-state index < -0.39 is 0 Å². The summed E-state index contributed by atoms with van der Waals surface area (Å²) in [5.74, 6) is -0.0129. The van der Waals surface area contributed by atoms with Crippen LogP contribution in [0, 0.1) is 0 Å². The van der Waals surface area contributed by atoms with Crippen molar-refractivity contribution >= 4 is 33.6 Å². The number of rotatable bonds is 7. The zero-order chi connectivity index (χ0) is 21.6. The number of aromatic nitrogens is 3. The van der Waals surface area contributed by atoms with Crippen LogP contribution < -0.4 is 5.32 Å². The highest BCUT2D eigenvalue weighted by Gasteiger charge is 2.17. The Balaban J connectivity index is 1.51. The first-order valence-corrected chi connectivity index (χ1v) is 11.5. The molecule has 2 aromatic heterocycles. The second-order valence-corrected chi connectivity index (χ2v) is 9.28. The second-order valence-electron chi connectivity index (χ2n) is 6.95. The molecule has 0 aliphatic heterocycles. The van der Waals surface area contributed by atoms with Gasteiger partial charge >= 0.3 is 0 Å². The van der Waals surface area contributed by atoms with E-state index in [1.54, 1.807) is 12.4 Å². The quantitative estimate of drug-likeness (QED) is 0.346. The number of hydrogen-bond acceptors (Lipinski definition) is 4. The molecule has 1 unspecified atom stereocenters. The van der Waals surface area contributed by atoms with Gasteiger partial charge in [-0.1, -0.05) is 34.1 Å². The van der Waals surface area contributed by atoms with Crippen LogP contribution >= 0.6 is 27.7 Å². The number of nitrogens with one attached hydrogen (secondary N) is 1. The molecule has 1 amide bonds. The standard InChI is InChI=1S/C24H21BrN4OS/c1-17(31-22-9-7-20(25)8-10-22)24(30)27-15-19-16-29(21-5-3-2-4-6-21)28-23(19)18-11-13-26-14-12-18/h2-14,16-17H,15H2,1H3,(H,27,30). The van der Waals surface area contributed by atoms with E-state index >= 15 is 0 Å². The molecule has 0 bridgehead atoms. The van der Waals surface area contributed by atoms with E-state index in [9.17, 15) is 4.79 Å². The van der Waals surface area contributed by atoms with Crippen molar-refractivity contribution in [3.8, 4) is 16.9 Å². The number of halogens is 1. The van der Waals surface area contributed by atoms with Gasteiger partial charge in [-0.15, -0.1) is 11.8 Å². The Morgan fingerprint density at radius 1 is 1.06 bits per heavy atom. The summed E-state index contributed by atoms with van der Waals surface area (Å²) in [6, 6.07) is 21.8. The number of benzene rings is 2. The highest BCUT2D eigenvalue weighted by molar-refractivity contribution is 9.10. The fourth-order valence-corrected chi connectivity index (χ4v) is 4.26. The van der Waals surface area contributed by atoms with Gasteiger partial charge < -0.3 is 5.32 Å². The number of hydrogen-bond donors (Lipinski definition) is 1. The third-order valence-corrected chi connectivity index (χ3v) is 6.35. The molecule has 31 heavy (non-hydrogen) atoms. The van der Waals surface area contributed by atoms with Gasteiger partial charge in [0, 0.05) is 45.6 Å². The van der Waals surface area contributed by atoms with Gasteiger partial charge in [0.15, 0.2) is 0 Å². The van der Waals surface area contributed by atoms with E-state index in [2.05, 4.69) is 26.2 Å². The van der Waals surface area contributed by atoms with Crippen LogP contribution in [-0.2, 0) is 11.3 Å². The van der Waals surface area contributed by atoms with Gasteiger partial charge in [-0.3, -0.25) is 9.78 Å². The molecule has 0 aliphatic rings. The molecule has 156 valence electrons. The van der Waals surface area contributed by atoms with Crippen LogP contribution in [0.2, 0.25) is 0 Å². The maximum Gasteiger partial charge on any atom is 0.233 e. The molecule has 0 spiro atoms. The van der Waals surface area contributed by atoms with Gasteiger partial charge in [-0.05, 0) is 55.5 Å². The summed E-state index contributed by atoms with van der Waals surface area (Å²) in [6.07, 6.45) is 5.46. The van der Waals surface area contributed by atoms with Gasteiger partial charge in [-0.25, -0.2) is 4.68 Å². The molecule has 4 aromatic rings. The van der Waals surface area contributed by atoms with Crippen molar-refractivity contribution in [2.75, 3.05) is 0 Å². The van der Waals surface area contributed by atoms with Crippen LogP contribution in [0.5, 0.6) is 0 Å². The number of carbonyl (C=O) groups excluding carboxylic acids is 1. The molecule has 0 aliphatic carbocycles. The molecule has 0 fully saturated rings. The molecule has 0 saturated heterocycles. The van der Waals surface area contributed by atoms with Crippen molar-refractivity contribution in [2.24, 2.45) is 0 Å². The first kappa shape index (κ1) is 21.3. The third-order valence-electron chi connectivity index (χ3n) is 4.71. The number of para-hydroxylation sites is 1. The van der Waals surface area contributed by atoms with Crippen molar-refractivity contribution in [1.82, 2.24) is 20.1 Å². The smallest absolute Gasteiger partial charge is 0.233 e. The first-order valence-electron chi connectivity index (χ1n) is 9.84.